The van der Waals surface area contributed by atoms with E-state index in [-0.39, 0.29) is 17.6 Å². The van der Waals surface area contributed by atoms with Crippen LogP contribution in [0.2, 0.25) is 4.34 Å². The number of hydrogen-bond donors (Lipinski definition) is 1. The highest BCUT2D eigenvalue weighted by Gasteiger charge is 2.53. The van der Waals surface area contributed by atoms with Crippen molar-refractivity contribution in [2.24, 2.45) is 0 Å². The van der Waals surface area contributed by atoms with Crippen molar-refractivity contribution < 1.29 is 13.5 Å². The second-order valence-electron chi connectivity index (χ2n) is 7.85. The molecule has 1 fully saturated rings. The molecular weight excluding hydrogens is 434 g/mol. The van der Waals surface area contributed by atoms with Gasteiger partial charge in [-0.1, -0.05) is 16.8 Å². The van der Waals surface area contributed by atoms with Crippen LogP contribution in [0.5, 0.6) is 0 Å². The zero-order valence-electron chi connectivity index (χ0n) is 16.1. The number of ether oxygens (including phenoxy) is 1. The number of rotatable bonds is 3. The van der Waals surface area contributed by atoms with E-state index in [1.165, 1.54) is 17.4 Å². The van der Waals surface area contributed by atoms with Crippen LogP contribution in [0.1, 0.15) is 47.6 Å². The summed E-state index contributed by atoms with van der Waals surface area (Å²) in [4.78, 5) is 8.83. The second-order valence-corrected chi connectivity index (χ2v) is 9.53. The van der Waals surface area contributed by atoms with Gasteiger partial charge in [0, 0.05) is 35.3 Å². The molecule has 0 aromatic carbocycles. The van der Waals surface area contributed by atoms with Gasteiger partial charge in [0.15, 0.2) is 0 Å². The molecule has 0 bridgehead atoms. The SMILES string of the molecule is C[C@H]1C[C@@]2(C[C@@H](c3cn(Cc4cnccn4)nn3)N1)OCC(F)(F)c1cc(Cl)sc12. The average molecular weight is 453 g/mol. The molecule has 0 radical (unpaired) electrons. The molecule has 1 N–H and O–H groups in total. The van der Waals surface area contributed by atoms with Crippen LogP contribution in [0, 0.1) is 0 Å². The van der Waals surface area contributed by atoms with Crippen molar-refractivity contribution in [2.75, 3.05) is 6.61 Å². The van der Waals surface area contributed by atoms with E-state index >= 15 is 0 Å². The first-order chi connectivity index (χ1) is 14.3. The molecule has 1 spiro atoms. The largest absolute Gasteiger partial charge is 0.363 e. The molecule has 5 rings (SSSR count). The second kappa shape index (κ2) is 7.30. The fourth-order valence-corrected chi connectivity index (χ4v) is 5.78. The van der Waals surface area contributed by atoms with E-state index in [4.69, 9.17) is 16.3 Å². The first kappa shape index (κ1) is 19.9. The van der Waals surface area contributed by atoms with E-state index in [2.05, 4.69) is 25.6 Å². The molecule has 158 valence electrons. The molecule has 7 nitrogen and oxygen atoms in total. The Bertz CT molecular complexity index is 1060. The van der Waals surface area contributed by atoms with Crippen molar-refractivity contribution in [1.29, 1.82) is 0 Å². The summed E-state index contributed by atoms with van der Waals surface area (Å²) in [5, 5.41) is 12.0. The molecule has 0 saturated carbocycles. The smallest absolute Gasteiger partial charge is 0.297 e. The fourth-order valence-electron chi connectivity index (χ4n) is 4.33. The van der Waals surface area contributed by atoms with Gasteiger partial charge in [0.2, 0.25) is 0 Å². The summed E-state index contributed by atoms with van der Waals surface area (Å²) in [7, 11) is 0. The van der Waals surface area contributed by atoms with Crippen LogP contribution in [0.15, 0.2) is 30.9 Å². The number of nitrogens with one attached hydrogen (secondary N) is 1. The number of thiophene rings is 1. The minimum absolute atomic E-state index is 0.0112. The van der Waals surface area contributed by atoms with Crippen molar-refractivity contribution in [3.05, 3.63) is 57.0 Å². The third kappa shape index (κ3) is 3.51. The van der Waals surface area contributed by atoms with E-state index in [0.717, 1.165) is 11.4 Å². The van der Waals surface area contributed by atoms with Gasteiger partial charge in [0.1, 0.15) is 12.2 Å². The third-order valence-electron chi connectivity index (χ3n) is 5.55. The van der Waals surface area contributed by atoms with Crippen LogP contribution in [0.4, 0.5) is 8.78 Å². The monoisotopic (exact) mass is 452 g/mol. The number of fused-ring (bicyclic) bond motifs is 2. The Kier molecular flexibility index (Phi) is 4.85. The summed E-state index contributed by atoms with van der Waals surface area (Å²) >= 11 is 7.31. The standard InChI is InChI=1S/C19H19ClF2N6OS/c1-11-5-18(17-13(4-16(20)30-17)19(21,22)10-29-18)6-14(25-11)15-9-28(27-26-15)8-12-7-23-2-3-24-12/h2-4,7,9,11,14,25H,5-6,8,10H2,1H3/t11-,14-,18-/m0/s1. The van der Waals surface area contributed by atoms with Gasteiger partial charge in [0.25, 0.3) is 5.92 Å². The highest BCUT2D eigenvalue weighted by molar-refractivity contribution is 7.16. The molecular formula is C19H19ClF2N6OS. The molecule has 3 atom stereocenters. The molecule has 5 heterocycles. The summed E-state index contributed by atoms with van der Waals surface area (Å²) in [6, 6.07) is 1.23. The summed E-state index contributed by atoms with van der Waals surface area (Å²) < 4.78 is 36.8. The maximum Gasteiger partial charge on any atom is 0.297 e. The first-order valence-electron chi connectivity index (χ1n) is 9.58. The predicted octanol–water partition coefficient (Wildman–Crippen LogP) is 3.66. The molecule has 0 aliphatic carbocycles. The van der Waals surface area contributed by atoms with Gasteiger partial charge in [-0.25, -0.2) is 4.68 Å². The molecule has 0 unspecified atom stereocenters. The van der Waals surface area contributed by atoms with E-state index in [1.807, 2.05) is 13.1 Å². The van der Waals surface area contributed by atoms with Gasteiger partial charge in [-0.15, -0.1) is 16.4 Å². The maximum atomic E-state index is 14.4. The first-order valence-corrected chi connectivity index (χ1v) is 10.8. The number of aromatic nitrogens is 5. The molecule has 1 saturated heterocycles. The van der Waals surface area contributed by atoms with Crippen molar-refractivity contribution in [1.82, 2.24) is 30.3 Å². The minimum Gasteiger partial charge on any atom is -0.363 e. The molecule has 2 aliphatic heterocycles. The van der Waals surface area contributed by atoms with Crippen LogP contribution < -0.4 is 5.32 Å². The van der Waals surface area contributed by atoms with Gasteiger partial charge in [-0.2, -0.15) is 8.78 Å². The minimum atomic E-state index is -3.03. The van der Waals surface area contributed by atoms with Crippen molar-refractivity contribution in [3.8, 4) is 0 Å². The molecule has 2 aliphatic rings. The van der Waals surface area contributed by atoms with Crippen LogP contribution >= 0.6 is 22.9 Å². The van der Waals surface area contributed by atoms with Gasteiger partial charge in [-0.05, 0) is 19.4 Å². The van der Waals surface area contributed by atoms with Gasteiger partial charge in [-0.3, -0.25) is 9.97 Å². The quantitative estimate of drug-likeness (QED) is 0.653. The van der Waals surface area contributed by atoms with Crippen LogP contribution in [0.25, 0.3) is 0 Å². The van der Waals surface area contributed by atoms with E-state index in [1.54, 1.807) is 23.3 Å². The lowest BCUT2D eigenvalue weighted by Crippen LogP contribution is -2.51. The van der Waals surface area contributed by atoms with Crippen LogP contribution in [-0.4, -0.2) is 37.6 Å². The topological polar surface area (TPSA) is 77.8 Å². The predicted molar refractivity (Wildman–Crippen MR) is 107 cm³/mol. The lowest BCUT2D eigenvalue weighted by atomic mass is 9.78. The summed E-state index contributed by atoms with van der Waals surface area (Å²) in [6.07, 6.45) is 7.81. The van der Waals surface area contributed by atoms with E-state index < -0.39 is 18.1 Å². The third-order valence-corrected chi connectivity index (χ3v) is 7.00. The van der Waals surface area contributed by atoms with Crippen molar-refractivity contribution in [2.45, 2.75) is 49.9 Å². The van der Waals surface area contributed by atoms with Crippen molar-refractivity contribution in [3.63, 3.8) is 0 Å². The Morgan fingerprint density at radius 3 is 3.03 bits per heavy atom. The molecule has 0 amide bonds. The average Bonchev–Trinajstić information content (AvgIpc) is 3.34. The zero-order valence-corrected chi connectivity index (χ0v) is 17.6. The van der Waals surface area contributed by atoms with Crippen molar-refractivity contribution >= 4 is 22.9 Å². The molecule has 3 aromatic heterocycles. The summed E-state index contributed by atoms with van der Waals surface area (Å²) in [5.74, 6) is -3.03. The Morgan fingerprint density at radius 1 is 1.37 bits per heavy atom. The molecule has 3 aromatic rings. The molecule has 30 heavy (non-hydrogen) atoms. The number of halogens is 3. The Balaban J connectivity index is 1.44. The highest BCUT2D eigenvalue weighted by Crippen LogP contribution is 2.54. The fraction of sp³-hybridized carbons (Fsp3) is 0.474. The summed E-state index contributed by atoms with van der Waals surface area (Å²) in [6.45, 7) is 1.82. The Hall–Kier alpha value is -2.01. The van der Waals surface area contributed by atoms with Crippen LogP contribution in [0.3, 0.4) is 0 Å². The van der Waals surface area contributed by atoms with E-state index in [0.29, 0.717) is 28.6 Å². The normalized spacial score (nSPS) is 27.9. The zero-order chi connectivity index (χ0) is 20.9. The maximum absolute atomic E-state index is 14.4. The lowest BCUT2D eigenvalue weighted by molar-refractivity contribution is -0.183. The van der Waals surface area contributed by atoms with E-state index in [9.17, 15) is 8.78 Å². The van der Waals surface area contributed by atoms with Gasteiger partial charge < -0.3 is 10.1 Å². The number of hydrogen-bond acceptors (Lipinski definition) is 7. The lowest BCUT2D eigenvalue weighted by Gasteiger charge is -2.47. The number of piperidine rings is 1. The van der Waals surface area contributed by atoms with Crippen LogP contribution in [-0.2, 0) is 22.8 Å². The van der Waals surface area contributed by atoms with Gasteiger partial charge >= 0.3 is 0 Å². The highest BCUT2D eigenvalue weighted by atomic mass is 35.5. The molecule has 11 heteroatoms. The Morgan fingerprint density at radius 2 is 2.23 bits per heavy atom. The number of nitrogens with zero attached hydrogens (tertiary/aromatic N) is 5. The summed E-state index contributed by atoms with van der Waals surface area (Å²) in [5.41, 5.74) is 0.669. The van der Waals surface area contributed by atoms with Gasteiger partial charge in [0.05, 0.1) is 40.7 Å². The number of alkyl halides is 2. The Labute approximate surface area is 180 Å².